The van der Waals surface area contributed by atoms with Gasteiger partial charge in [0.05, 0.1) is 33.5 Å². The molecule has 5 nitrogen and oxygen atoms in total. The van der Waals surface area contributed by atoms with E-state index in [1.807, 2.05) is 0 Å². The summed E-state index contributed by atoms with van der Waals surface area (Å²) in [7, 11) is 0. The molecular formula is C53H39N4O+. The zero-order valence-corrected chi connectivity index (χ0v) is 31.9. The van der Waals surface area contributed by atoms with E-state index in [1.54, 1.807) is 0 Å². The van der Waals surface area contributed by atoms with Gasteiger partial charge in [-0.2, -0.15) is 4.99 Å². The molecule has 4 atom stereocenters. The molecule has 2 N–H and O–H groups in total. The molecule has 1 aromatic heterocycles. The van der Waals surface area contributed by atoms with Crippen molar-refractivity contribution in [2.75, 3.05) is 0 Å². The number of aliphatic imine (C=N–C) groups is 1. The smallest absolute Gasteiger partial charge is 0.283 e. The Morgan fingerprint density at radius 3 is 2.21 bits per heavy atom. The van der Waals surface area contributed by atoms with Crippen LogP contribution in [0, 0.1) is 11.8 Å². The summed E-state index contributed by atoms with van der Waals surface area (Å²) in [6.45, 7) is 2.26. The van der Waals surface area contributed by atoms with E-state index in [2.05, 4.69) is 210 Å². The number of ether oxygens (including phenoxy) is 1. The molecule has 0 amide bonds. The van der Waals surface area contributed by atoms with Gasteiger partial charge >= 0.3 is 0 Å². The minimum atomic E-state index is -0.658. The number of allylic oxidation sites excluding steroid dienone is 3. The minimum Gasteiger partial charge on any atom is -0.456 e. The Bertz CT molecular complexity index is 3100. The van der Waals surface area contributed by atoms with Gasteiger partial charge in [-0.3, -0.25) is 0 Å². The van der Waals surface area contributed by atoms with Crippen LogP contribution in [0.1, 0.15) is 46.5 Å². The first kappa shape index (κ1) is 33.0. The zero-order valence-electron chi connectivity index (χ0n) is 31.9. The fourth-order valence-electron chi connectivity index (χ4n) is 10.1. The van der Waals surface area contributed by atoms with Crippen LogP contribution in [-0.4, -0.2) is 16.2 Å². The van der Waals surface area contributed by atoms with E-state index in [1.165, 1.54) is 44.1 Å². The van der Waals surface area contributed by atoms with Gasteiger partial charge in [-0.1, -0.05) is 140 Å². The Kier molecular flexibility index (Phi) is 7.18. The number of fused-ring (bicyclic) bond motifs is 12. The highest BCUT2D eigenvalue weighted by atomic mass is 16.5. The van der Waals surface area contributed by atoms with Crippen molar-refractivity contribution >= 4 is 33.5 Å². The molecule has 2 aliphatic heterocycles. The summed E-state index contributed by atoms with van der Waals surface area (Å²) in [4.78, 5) is 9.30. The van der Waals surface area contributed by atoms with Crippen molar-refractivity contribution in [3.63, 3.8) is 0 Å². The lowest BCUT2D eigenvalue weighted by molar-refractivity contribution is -0.511. The number of aromatic nitrogens is 1. The lowest BCUT2D eigenvalue weighted by Gasteiger charge is -2.40. The van der Waals surface area contributed by atoms with Crippen LogP contribution in [-0.2, 0) is 5.41 Å². The summed E-state index contributed by atoms with van der Waals surface area (Å²) in [5, 5.41) is 6.20. The molecule has 0 bridgehead atoms. The Morgan fingerprint density at radius 2 is 1.34 bits per heavy atom. The fourth-order valence-corrected chi connectivity index (χ4v) is 10.1. The molecule has 3 heterocycles. The van der Waals surface area contributed by atoms with Crippen LogP contribution in [0.3, 0.4) is 0 Å². The van der Waals surface area contributed by atoms with Crippen molar-refractivity contribution in [3.05, 3.63) is 221 Å². The average Bonchev–Trinajstić information content (AvgIpc) is 3.76. The largest absolute Gasteiger partial charge is 0.456 e. The highest BCUT2D eigenvalue weighted by Gasteiger charge is 2.52. The van der Waals surface area contributed by atoms with Crippen LogP contribution in [0.5, 0.6) is 11.5 Å². The van der Waals surface area contributed by atoms with Crippen LogP contribution in [0.15, 0.2) is 193 Å². The number of nitrogens with zero attached hydrogens (tertiary/aromatic N) is 2. The lowest BCUT2D eigenvalue weighted by Crippen LogP contribution is -2.80. The molecule has 7 aromatic carbocycles. The second-order valence-corrected chi connectivity index (χ2v) is 15.8. The Hall–Kier alpha value is -7.24. The van der Waals surface area contributed by atoms with Crippen LogP contribution >= 0.6 is 0 Å². The number of benzene rings is 7. The summed E-state index contributed by atoms with van der Waals surface area (Å²) >= 11 is 0. The van der Waals surface area contributed by atoms with Crippen molar-refractivity contribution in [3.8, 4) is 28.3 Å². The van der Waals surface area contributed by atoms with E-state index in [4.69, 9.17) is 9.73 Å². The monoisotopic (exact) mass is 747 g/mol. The van der Waals surface area contributed by atoms with Gasteiger partial charge in [-0.05, 0) is 82.8 Å². The predicted molar refractivity (Wildman–Crippen MR) is 234 cm³/mol. The third-order valence-electron chi connectivity index (χ3n) is 12.7. The Balaban J connectivity index is 1.15. The van der Waals surface area contributed by atoms with Gasteiger partial charge in [0, 0.05) is 27.6 Å². The van der Waals surface area contributed by atoms with Crippen LogP contribution < -0.4 is 15.0 Å². The lowest BCUT2D eigenvalue weighted by atomic mass is 9.65. The number of rotatable bonds is 4. The minimum absolute atomic E-state index is 0.105. The van der Waals surface area contributed by atoms with Gasteiger partial charge in [0.15, 0.2) is 0 Å². The summed E-state index contributed by atoms with van der Waals surface area (Å²) in [6, 6.07) is 59.2. The van der Waals surface area contributed by atoms with Crippen molar-refractivity contribution in [2.24, 2.45) is 16.8 Å². The SMILES string of the molecule is CC1C=CC=CC1C1=NC(c2cccc3c2Oc2ccccc2C32c3ccccc3-c3cc4c5ccccc5n(-c5ccccc5)c4cc32)[NH+]=C(c2ccccc2)N1. The zero-order chi connectivity index (χ0) is 38.4. The Morgan fingerprint density at radius 1 is 0.621 bits per heavy atom. The maximum Gasteiger partial charge on any atom is 0.283 e. The van der Waals surface area contributed by atoms with Crippen LogP contribution in [0.25, 0.3) is 38.6 Å². The molecule has 12 rings (SSSR count). The second-order valence-electron chi connectivity index (χ2n) is 15.8. The molecule has 58 heavy (non-hydrogen) atoms. The summed E-state index contributed by atoms with van der Waals surface area (Å²) in [5.74, 6) is 3.96. The maximum atomic E-state index is 7.18. The average molecular weight is 748 g/mol. The topological polar surface area (TPSA) is 52.5 Å². The number of nitrogens with one attached hydrogen (secondary N) is 2. The normalized spacial score (nSPS) is 21.1. The summed E-state index contributed by atoms with van der Waals surface area (Å²) < 4.78 is 9.61. The highest BCUT2D eigenvalue weighted by molar-refractivity contribution is 6.12. The van der Waals surface area contributed by atoms with Crippen molar-refractivity contribution in [1.29, 1.82) is 0 Å². The second kappa shape index (κ2) is 12.6. The molecule has 0 saturated carbocycles. The predicted octanol–water partition coefficient (Wildman–Crippen LogP) is 10.2. The number of amidine groups is 2. The first-order chi connectivity index (χ1) is 28.7. The van der Waals surface area contributed by atoms with Crippen LogP contribution in [0.2, 0.25) is 0 Å². The van der Waals surface area contributed by atoms with Gasteiger partial charge in [-0.25, -0.2) is 10.3 Å². The molecule has 2 aliphatic carbocycles. The Labute approximate surface area is 337 Å². The first-order valence-corrected chi connectivity index (χ1v) is 20.2. The van der Waals surface area contributed by atoms with E-state index < -0.39 is 11.6 Å². The van der Waals surface area contributed by atoms with E-state index >= 15 is 0 Å². The van der Waals surface area contributed by atoms with Crippen LogP contribution in [0.4, 0.5) is 0 Å². The molecule has 276 valence electrons. The standard InChI is InChI=1S/C53H38N4O/c1-33-17-8-9-22-36(33)51-54-50(34-18-4-2-5-19-34)55-52(56-51)39-25-16-28-44-49(39)58-48-30-15-13-27-43(48)53(44)42-26-12-10-23-37(42)40-31-41-38-24-11-14-29-46(38)57(47(41)32-45(40)53)35-20-6-3-7-21-35/h2-33,36,52H,1H3,(H,54,55,56)/p+1. The van der Waals surface area contributed by atoms with Gasteiger partial charge in [0.2, 0.25) is 12.0 Å². The maximum absolute atomic E-state index is 7.18. The highest BCUT2D eigenvalue weighted by Crippen LogP contribution is 2.63. The van der Waals surface area contributed by atoms with Crippen molar-refractivity contribution in [1.82, 2.24) is 9.88 Å². The summed E-state index contributed by atoms with van der Waals surface area (Å²) in [5.41, 5.74) is 12.2. The van der Waals surface area contributed by atoms with E-state index in [9.17, 15) is 0 Å². The number of para-hydroxylation sites is 4. The molecule has 1 spiro atoms. The molecule has 0 saturated heterocycles. The molecule has 5 heteroatoms. The van der Waals surface area contributed by atoms with E-state index in [0.29, 0.717) is 0 Å². The molecule has 4 unspecified atom stereocenters. The molecular weight excluding hydrogens is 709 g/mol. The van der Waals surface area contributed by atoms with Gasteiger partial charge < -0.3 is 9.30 Å². The quantitative estimate of drug-likeness (QED) is 0.188. The molecule has 0 fully saturated rings. The van der Waals surface area contributed by atoms with Gasteiger partial charge in [0.25, 0.3) is 5.84 Å². The number of hydrogen-bond acceptors (Lipinski definition) is 3. The number of hydrogen-bond donors (Lipinski definition) is 2. The molecule has 4 aliphatic rings. The van der Waals surface area contributed by atoms with Crippen molar-refractivity contribution < 1.29 is 9.73 Å². The molecule has 0 radical (unpaired) electrons. The molecule has 8 aromatic rings. The first-order valence-electron chi connectivity index (χ1n) is 20.2. The van der Waals surface area contributed by atoms with E-state index in [0.717, 1.165) is 51.1 Å². The summed E-state index contributed by atoms with van der Waals surface area (Å²) in [6.07, 6.45) is 8.36. The van der Waals surface area contributed by atoms with Crippen molar-refractivity contribution in [2.45, 2.75) is 18.5 Å². The van der Waals surface area contributed by atoms with Gasteiger partial charge in [0.1, 0.15) is 11.5 Å². The third kappa shape index (κ3) is 4.64. The fraction of sp³-hybridized carbons (Fsp3) is 0.0943. The van der Waals surface area contributed by atoms with E-state index in [-0.39, 0.29) is 11.8 Å². The third-order valence-corrected chi connectivity index (χ3v) is 12.7. The van der Waals surface area contributed by atoms with Gasteiger partial charge in [-0.15, -0.1) is 0 Å².